The van der Waals surface area contributed by atoms with Crippen molar-refractivity contribution in [3.05, 3.63) is 56.1 Å². The molecule has 8 heteroatoms. The molecule has 0 saturated heterocycles. The van der Waals surface area contributed by atoms with Crippen molar-refractivity contribution in [3.63, 3.8) is 0 Å². The molecule has 0 aliphatic heterocycles. The second-order valence-corrected chi connectivity index (χ2v) is 8.01. The van der Waals surface area contributed by atoms with Gasteiger partial charge in [-0.15, -0.1) is 0 Å². The quantitative estimate of drug-likeness (QED) is 0.550. The Morgan fingerprint density at radius 2 is 1.91 bits per heavy atom. The van der Waals surface area contributed by atoms with E-state index in [9.17, 15) is 13.2 Å². The lowest BCUT2D eigenvalue weighted by molar-refractivity contribution is 0.0600. The Morgan fingerprint density at radius 3 is 2.52 bits per heavy atom. The van der Waals surface area contributed by atoms with Crippen molar-refractivity contribution < 1.29 is 17.9 Å². The first-order chi connectivity index (χ1) is 10.7. The van der Waals surface area contributed by atoms with Crippen LogP contribution in [0, 0.1) is 10.5 Å². The summed E-state index contributed by atoms with van der Waals surface area (Å²) in [4.78, 5) is 11.4. The van der Waals surface area contributed by atoms with Gasteiger partial charge < -0.3 is 4.74 Å². The number of rotatable bonds is 4. The number of hydrogen-bond donors (Lipinski definition) is 1. The zero-order valence-corrected chi connectivity index (χ0v) is 16.0. The smallest absolute Gasteiger partial charge is 0.337 e. The number of carbonyl (C=O) groups is 1. The van der Waals surface area contributed by atoms with Crippen LogP contribution in [0.25, 0.3) is 0 Å². The normalized spacial score (nSPS) is 11.1. The van der Waals surface area contributed by atoms with Crippen LogP contribution in [-0.2, 0) is 14.8 Å². The minimum absolute atomic E-state index is 0.0216. The summed E-state index contributed by atoms with van der Waals surface area (Å²) in [6.07, 6.45) is 0. The van der Waals surface area contributed by atoms with Crippen molar-refractivity contribution in [2.75, 3.05) is 11.8 Å². The van der Waals surface area contributed by atoms with Crippen LogP contribution in [0.4, 0.5) is 5.69 Å². The van der Waals surface area contributed by atoms with Crippen molar-refractivity contribution in [1.82, 2.24) is 0 Å². The molecule has 2 aromatic rings. The standard InChI is InChI=1S/C15H13ClINO4S/c1-9-7-11(17)4-6-13(9)18-23(20,21)14-8-10(15(19)22-2)3-5-12(14)16/h3-8,18H,1-2H3. The number of nitrogens with one attached hydrogen (secondary N) is 1. The molecule has 0 fully saturated rings. The Bertz CT molecular complexity index is 868. The van der Waals surface area contributed by atoms with Gasteiger partial charge in [-0.1, -0.05) is 11.6 Å². The minimum atomic E-state index is -3.94. The van der Waals surface area contributed by atoms with Crippen molar-refractivity contribution >= 4 is 55.9 Å². The van der Waals surface area contributed by atoms with Crippen LogP contribution in [0.1, 0.15) is 15.9 Å². The van der Waals surface area contributed by atoms with Gasteiger partial charge in [0.05, 0.1) is 23.4 Å². The summed E-state index contributed by atoms with van der Waals surface area (Å²) >= 11 is 8.13. The van der Waals surface area contributed by atoms with E-state index >= 15 is 0 Å². The van der Waals surface area contributed by atoms with Gasteiger partial charge in [0.1, 0.15) is 4.90 Å². The largest absolute Gasteiger partial charge is 0.465 e. The van der Waals surface area contributed by atoms with Crippen molar-refractivity contribution in [3.8, 4) is 0 Å². The number of carbonyl (C=O) groups excluding carboxylic acids is 1. The van der Waals surface area contributed by atoms with E-state index in [2.05, 4.69) is 32.0 Å². The molecule has 0 radical (unpaired) electrons. The van der Waals surface area contributed by atoms with Crippen LogP contribution in [0.2, 0.25) is 5.02 Å². The molecule has 0 aliphatic rings. The molecule has 2 aromatic carbocycles. The molecule has 0 aliphatic carbocycles. The fourth-order valence-corrected chi connectivity index (χ4v) is 4.20. The molecular weight excluding hydrogens is 453 g/mol. The van der Waals surface area contributed by atoms with Gasteiger partial charge in [-0.3, -0.25) is 4.72 Å². The van der Waals surface area contributed by atoms with Crippen LogP contribution in [-0.4, -0.2) is 21.5 Å². The van der Waals surface area contributed by atoms with Crippen molar-refractivity contribution in [2.24, 2.45) is 0 Å². The Labute approximate surface area is 153 Å². The van der Waals surface area contributed by atoms with Crippen molar-refractivity contribution in [1.29, 1.82) is 0 Å². The molecule has 0 bridgehead atoms. The van der Waals surface area contributed by atoms with Crippen LogP contribution in [0.15, 0.2) is 41.3 Å². The number of benzene rings is 2. The number of aryl methyl sites for hydroxylation is 1. The summed E-state index contributed by atoms with van der Waals surface area (Å²) in [5, 5.41) is 0.0216. The number of hydrogen-bond acceptors (Lipinski definition) is 4. The van der Waals surface area contributed by atoms with Gasteiger partial charge in [0.2, 0.25) is 0 Å². The minimum Gasteiger partial charge on any atom is -0.465 e. The van der Waals surface area contributed by atoms with Gasteiger partial charge in [-0.25, -0.2) is 13.2 Å². The second-order valence-electron chi connectivity index (χ2n) is 4.70. The number of esters is 1. The van der Waals surface area contributed by atoms with Gasteiger partial charge in [0.25, 0.3) is 10.0 Å². The average molecular weight is 466 g/mol. The molecule has 2 rings (SSSR count). The summed E-state index contributed by atoms with van der Waals surface area (Å²) in [7, 11) is -2.72. The Hall–Kier alpha value is -1.32. The van der Waals surface area contributed by atoms with Gasteiger partial charge >= 0.3 is 5.97 Å². The number of methoxy groups -OCH3 is 1. The molecule has 0 aromatic heterocycles. The first kappa shape index (κ1) is 18.0. The topological polar surface area (TPSA) is 72.5 Å². The molecule has 0 atom stereocenters. The zero-order chi connectivity index (χ0) is 17.2. The third-order valence-electron chi connectivity index (χ3n) is 3.07. The first-order valence-corrected chi connectivity index (χ1v) is 9.35. The average Bonchev–Trinajstić information content (AvgIpc) is 2.49. The van der Waals surface area contributed by atoms with Gasteiger partial charge in [-0.2, -0.15) is 0 Å². The van der Waals surface area contributed by atoms with E-state index in [1.165, 1.54) is 25.3 Å². The maximum Gasteiger partial charge on any atom is 0.337 e. The van der Waals surface area contributed by atoms with E-state index in [0.717, 1.165) is 9.13 Å². The molecule has 0 saturated carbocycles. The van der Waals surface area contributed by atoms with Crippen molar-refractivity contribution in [2.45, 2.75) is 11.8 Å². The monoisotopic (exact) mass is 465 g/mol. The highest BCUT2D eigenvalue weighted by Gasteiger charge is 2.21. The summed E-state index contributed by atoms with van der Waals surface area (Å²) in [6.45, 7) is 1.80. The van der Waals surface area contributed by atoms with E-state index in [4.69, 9.17) is 11.6 Å². The molecular formula is C15H13ClINO4S. The third kappa shape index (κ3) is 4.15. The molecule has 0 spiro atoms. The number of anilines is 1. The fourth-order valence-electron chi connectivity index (χ4n) is 1.90. The molecule has 5 nitrogen and oxygen atoms in total. The van der Waals surface area contributed by atoms with E-state index in [-0.39, 0.29) is 15.5 Å². The molecule has 0 unspecified atom stereocenters. The maximum atomic E-state index is 12.6. The van der Waals surface area contributed by atoms with Crippen LogP contribution < -0.4 is 4.72 Å². The summed E-state index contributed by atoms with van der Waals surface area (Å²) in [5.74, 6) is -0.636. The fraction of sp³-hybridized carbons (Fsp3) is 0.133. The number of ether oxygens (including phenoxy) is 1. The molecule has 1 N–H and O–H groups in total. The predicted octanol–water partition coefficient (Wildman–Crippen LogP) is 3.84. The number of sulfonamides is 1. The Kier molecular flexibility index (Phi) is 5.53. The lowest BCUT2D eigenvalue weighted by Gasteiger charge is -2.12. The second kappa shape index (κ2) is 7.06. The molecule has 0 heterocycles. The van der Waals surface area contributed by atoms with Gasteiger partial charge in [0.15, 0.2) is 0 Å². The maximum absolute atomic E-state index is 12.6. The van der Waals surface area contributed by atoms with Crippen LogP contribution in [0.5, 0.6) is 0 Å². The highest BCUT2D eigenvalue weighted by Crippen LogP contribution is 2.27. The highest BCUT2D eigenvalue weighted by atomic mass is 127. The lowest BCUT2D eigenvalue weighted by Crippen LogP contribution is -2.15. The number of halogens is 2. The molecule has 0 amide bonds. The summed E-state index contributed by atoms with van der Waals surface area (Å²) < 4.78 is 33.2. The molecule has 122 valence electrons. The SMILES string of the molecule is COC(=O)c1ccc(Cl)c(S(=O)(=O)Nc2ccc(I)cc2C)c1. The first-order valence-electron chi connectivity index (χ1n) is 6.41. The van der Waals surface area contributed by atoms with Crippen LogP contribution >= 0.6 is 34.2 Å². The van der Waals surface area contributed by atoms with E-state index in [1.807, 2.05) is 6.07 Å². The van der Waals surface area contributed by atoms with E-state index < -0.39 is 16.0 Å². The van der Waals surface area contributed by atoms with Gasteiger partial charge in [-0.05, 0) is 71.5 Å². The highest BCUT2D eigenvalue weighted by molar-refractivity contribution is 14.1. The summed E-state index contributed by atoms with van der Waals surface area (Å²) in [6, 6.07) is 9.26. The predicted molar refractivity (Wildman–Crippen MR) is 97.5 cm³/mol. The van der Waals surface area contributed by atoms with E-state index in [0.29, 0.717) is 5.69 Å². The lowest BCUT2D eigenvalue weighted by atomic mass is 10.2. The van der Waals surface area contributed by atoms with Crippen LogP contribution in [0.3, 0.4) is 0 Å². The Balaban J connectivity index is 2.45. The van der Waals surface area contributed by atoms with E-state index in [1.54, 1.807) is 19.1 Å². The molecule has 23 heavy (non-hydrogen) atoms. The summed E-state index contributed by atoms with van der Waals surface area (Å²) in [5.41, 5.74) is 1.34. The zero-order valence-electron chi connectivity index (χ0n) is 12.3. The third-order valence-corrected chi connectivity index (χ3v) is 5.59. The van der Waals surface area contributed by atoms with Gasteiger partial charge in [0, 0.05) is 3.57 Å². The Morgan fingerprint density at radius 1 is 1.22 bits per heavy atom.